The van der Waals surface area contributed by atoms with Gasteiger partial charge in [-0.05, 0) is 61.7 Å². The SMILES string of the molecule is CCC(=O)O[C@H]1[C@H](Br)CC2C3C(CC[C@@H]21)[C@@]1(C)CC[C@H](O)C=C1C[C@@H]3O. The molecule has 146 valence electrons. The predicted octanol–water partition coefficient (Wildman–Crippen LogP) is 3.59. The third kappa shape index (κ3) is 2.89. The number of aliphatic hydroxyl groups is 2. The Hall–Kier alpha value is -0.390. The van der Waals surface area contributed by atoms with Gasteiger partial charge in [0.2, 0.25) is 0 Å². The van der Waals surface area contributed by atoms with Crippen molar-refractivity contribution in [2.45, 2.75) is 81.9 Å². The van der Waals surface area contributed by atoms with Gasteiger partial charge in [-0.1, -0.05) is 41.4 Å². The normalized spacial score (nSPS) is 50.3. The van der Waals surface area contributed by atoms with Crippen LogP contribution in [0.25, 0.3) is 0 Å². The molecule has 4 nitrogen and oxygen atoms in total. The third-order valence-corrected chi connectivity index (χ3v) is 8.83. The van der Waals surface area contributed by atoms with Crippen LogP contribution in [0.5, 0.6) is 0 Å². The van der Waals surface area contributed by atoms with Gasteiger partial charge in [0.05, 0.1) is 17.0 Å². The monoisotopic (exact) mass is 426 g/mol. The molecular weight excluding hydrogens is 396 g/mol. The number of carbonyl (C=O) groups is 1. The fourth-order valence-electron chi connectivity index (χ4n) is 6.66. The van der Waals surface area contributed by atoms with E-state index in [2.05, 4.69) is 22.9 Å². The minimum absolute atomic E-state index is 0.0569. The molecule has 26 heavy (non-hydrogen) atoms. The van der Waals surface area contributed by atoms with Crippen LogP contribution in [-0.4, -0.2) is 39.3 Å². The van der Waals surface area contributed by atoms with Crippen LogP contribution < -0.4 is 0 Å². The van der Waals surface area contributed by atoms with Crippen LogP contribution >= 0.6 is 15.9 Å². The molecule has 0 aromatic heterocycles. The molecule has 0 radical (unpaired) electrons. The van der Waals surface area contributed by atoms with Crippen molar-refractivity contribution in [1.29, 1.82) is 0 Å². The van der Waals surface area contributed by atoms with Gasteiger partial charge in [-0.25, -0.2) is 0 Å². The van der Waals surface area contributed by atoms with E-state index in [1.165, 1.54) is 5.57 Å². The maximum Gasteiger partial charge on any atom is 0.305 e. The lowest BCUT2D eigenvalue weighted by molar-refractivity contribution is -0.153. The van der Waals surface area contributed by atoms with Gasteiger partial charge in [0.25, 0.3) is 0 Å². The van der Waals surface area contributed by atoms with E-state index in [1.54, 1.807) is 0 Å². The Morgan fingerprint density at radius 2 is 2.08 bits per heavy atom. The first kappa shape index (κ1) is 18.9. The van der Waals surface area contributed by atoms with E-state index in [9.17, 15) is 15.0 Å². The van der Waals surface area contributed by atoms with Gasteiger partial charge in [0.15, 0.2) is 0 Å². The standard InChI is InChI=1S/C21H31BrO4/c1-3-18(25)26-20-13-4-5-15-19(14(13)10-16(20)22)17(24)9-11-8-12(23)6-7-21(11,15)2/h8,12-17,19-20,23-24H,3-7,9-10H2,1-2H3/t12-,13-,14?,15?,16+,17-,19?,20+,21-/m0/s1. The molecule has 9 atom stereocenters. The molecule has 0 aromatic carbocycles. The first-order valence-electron chi connectivity index (χ1n) is 10.3. The third-order valence-electron chi connectivity index (χ3n) is 7.93. The van der Waals surface area contributed by atoms with E-state index in [0.29, 0.717) is 30.6 Å². The van der Waals surface area contributed by atoms with Crippen LogP contribution in [0.15, 0.2) is 11.6 Å². The number of ether oxygens (including phenoxy) is 1. The smallest absolute Gasteiger partial charge is 0.305 e. The summed E-state index contributed by atoms with van der Waals surface area (Å²) in [4.78, 5) is 12.1. The van der Waals surface area contributed by atoms with E-state index < -0.39 is 0 Å². The molecule has 0 heterocycles. The zero-order chi connectivity index (χ0) is 18.6. The summed E-state index contributed by atoms with van der Waals surface area (Å²) in [6.45, 7) is 4.19. The first-order chi connectivity index (χ1) is 12.3. The highest BCUT2D eigenvalue weighted by molar-refractivity contribution is 9.09. The fourth-order valence-corrected chi connectivity index (χ4v) is 7.59. The van der Waals surface area contributed by atoms with Crippen molar-refractivity contribution in [3.8, 4) is 0 Å². The van der Waals surface area contributed by atoms with E-state index in [0.717, 1.165) is 32.1 Å². The lowest BCUT2D eigenvalue weighted by Gasteiger charge is -2.57. The first-order valence-corrected chi connectivity index (χ1v) is 11.2. The molecule has 3 fully saturated rings. The number of esters is 1. The van der Waals surface area contributed by atoms with Gasteiger partial charge in [0.1, 0.15) is 6.10 Å². The van der Waals surface area contributed by atoms with E-state index in [4.69, 9.17) is 4.74 Å². The molecular formula is C21H31BrO4. The van der Waals surface area contributed by atoms with Gasteiger partial charge in [-0.2, -0.15) is 0 Å². The maximum absolute atomic E-state index is 11.9. The van der Waals surface area contributed by atoms with E-state index >= 15 is 0 Å². The summed E-state index contributed by atoms with van der Waals surface area (Å²) in [5.74, 6) is 1.38. The number of rotatable bonds is 2. The van der Waals surface area contributed by atoms with Gasteiger partial charge in [-0.3, -0.25) is 4.79 Å². The lowest BCUT2D eigenvalue weighted by Crippen LogP contribution is -2.53. The number of carbonyl (C=O) groups excluding carboxylic acids is 1. The Labute approximate surface area is 164 Å². The summed E-state index contributed by atoms with van der Waals surface area (Å²) in [6, 6.07) is 0. The van der Waals surface area contributed by atoms with Crippen molar-refractivity contribution >= 4 is 21.9 Å². The highest BCUT2D eigenvalue weighted by Crippen LogP contribution is 2.62. The molecule has 2 N–H and O–H groups in total. The topological polar surface area (TPSA) is 66.8 Å². The number of hydrogen-bond acceptors (Lipinski definition) is 4. The van der Waals surface area contributed by atoms with E-state index in [-0.39, 0.29) is 40.4 Å². The Kier molecular flexibility index (Phi) is 5.02. The number of aliphatic hydroxyl groups excluding tert-OH is 2. The molecule has 5 heteroatoms. The van der Waals surface area contributed by atoms with Crippen LogP contribution in [0.4, 0.5) is 0 Å². The van der Waals surface area contributed by atoms with Gasteiger partial charge >= 0.3 is 5.97 Å². The molecule has 0 amide bonds. The second-order valence-electron chi connectivity index (χ2n) is 9.14. The fraction of sp³-hybridized carbons (Fsp3) is 0.857. The van der Waals surface area contributed by atoms with Crippen molar-refractivity contribution in [1.82, 2.24) is 0 Å². The van der Waals surface area contributed by atoms with Crippen molar-refractivity contribution in [3.63, 3.8) is 0 Å². The summed E-state index contributed by atoms with van der Waals surface area (Å²) in [5, 5.41) is 21.1. The average Bonchev–Trinajstić information content (AvgIpc) is 2.92. The number of fused-ring (bicyclic) bond motifs is 5. The Balaban J connectivity index is 1.61. The summed E-state index contributed by atoms with van der Waals surface area (Å²) in [6.07, 6.45) is 7.31. The summed E-state index contributed by atoms with van der Waals surface area (Å²) in [5.41, 5.74) is 1.37. The maximum atomic E-state index is 11.9. The van der Waals surface area contributed by atoms with E-state index in [1.807, 2.05) is 13.0 Å². The largest absolute Gasteiger partial charge is 0.461 e. The molecule has 0 aliphatic heterocycles. The van der Waals surface area contributed by atoms with Crippen LogP contribution in [0.1, 0.15) is 58.8 Å². The van der Waals surface area contributed by atoms with Gasteiger partial charge < -0.3 is 14.9 Å². The molecule has 4 aliphatic carbocycles. The van der Waals surface area contributed by atoms with Gasteiger partial charge in [-0.15, -0.1) is 0 Å². The zero-order valence-corrected chi connectivity index (χ0v) is 17.3. The van der Waals surface area contributed by atoms with Crippen molar-refractivity contribution in [2.24, 2.45) is 29.1 Å². The van der Waals surface area contributed by atoms with Crippen molar-refractivity contribution in [3.05, 3.63) is 11.6 Å². The number of alkyl halides is 1. The molecule has 4 rings (SSSR count). The summed E-state index contributed by atoms with van der Waals surface area (Å²) < 4.78 is 5.79. The minimum atomic E-state index is -0.352. The highest BCUT2D eigenvalue weighted by atomic mass is 79.9. The molecule has 3 unspecified atom stereocenters. The summed E-state index contributed by atoms with van der Waals surface area (Å²) in [7, 11) is 0. The van der Waals surface area contributed by atoms with Crippen LogP contribution in [0.3, 0.4) is 0 Å². The van der Waals surface area contributed by atoms with Crippen molar-refractivity contribution in [2.75, 3.05) is 0 Å². The van der Waals surface area contributed by atoms with Crippen molar-refractivity contribution < 1.29 is 19.7 Å². The second kappa shape index (κ2) is 6.89. The number of halogens is 1. The lowest BCUT2D eigenvalue weighted by atomic mass is 9.49. The second-order valence-corrected chi connectivity index (χ2v) is 10.3. The average molecular weight is 427 g/mol. The van der Waals surface area contributed by atoms with Crippen LogP contribution in [0.2, 0.25) is 0 Å². The Morgan fingerprint density at radius 3 is 2.81 bits per heavy atom. The van der Waals surface area contributed by atoms with Gasteiger partial charge in [0, 0.05) is 12.3 Å². The van der Waals surface area contributed by atoms with Crippen LogP contribution in [0, 0.1) is 29.1 Å². The highest BCUT2D eigenvalue weighted by Gasteiger charge is 2.59. The quantitative estimate of drug-likeness (QED) is 0.402. The van der Waals surface area contributed by atoms with Crippen LogP contribution in [-0.2, 0) is 9.53 Å². The Bertz CT molecular complexity index is 605. The number of hydrogen-bond donors (Lipinski definition) is 2. The minimum Gasteiger partial charge on any atom is -0.461 e. The molecule has 3 saturated carbocycles. The zero-order valence-electron chi connectivity index (χ0n) is 15.7. The molecule has 0 spiro atoms. The molecule has 0 aromatic rings. The Morgan fingerprint density at radius 1 is 1.31 bits per heavy atom. The predicted molar refractivity (Wildman–Crippen MR) is 103 cm³/mol. The summed E-state index contributed by atoms with van der Waals surface area (Å²) >= 11 is 3.78. The molecule has 0 saturated heterocycles. The molecule has 0 bridgehead atoms. The molecule has 4 aliphatic rings.